The zero-order chi connectivity index (χ0) is 8.43. The van der Waals surface area contributed by atoms with Crippen LogP contribution >= 0.6 is 0 Å². The van der Waals surface area contributed by atoms with Crippen molar-refractivity contribution in [2.45, 2.75) is 6.92 Å². The molecule has 0 atom stereocenters. The Hall–Kier alpha value is -1.60. The van der Waals surface area contributed by atoms with Crippen molar-refractivity contribution in [1.82, 2.24) is 0 Å². The van der Waals surface area contributed by atoms with Crippen molar-refractivity contribution in [3.63, 3.8) is 0 Å². The molecule has 0 spiro atoms. The Bertz CT molecular complexity index is 280. The van der Waals surface area contributed by atoms with E-state index < -0.39 is 11.7 Å². The van der Waals surface area contributed by atoms with E-state index in [1.165, 1.54) is 12.2 Å². The van der Waals surface area contributed by atoms with Gasteiger partial charge in [0.1, 0.15) is 12.2 Å². The zero-order valence-corrected chi connectivity index (χ0v) is 5.92. The lowest BCUT2D eigenvalue weighted by molar-refractivity contribution is -0.301. The highest BCUT2D eigenvalue weighted by Crippen LogP contribution is 2.17. The maximum Gasteiger partial charge on any atom is 0.393 e. The third-order valence-corrected chi connectivity index (χ3v) is 1.36. The van der Waals surface area contributed by atoms with Gasteiger partial charge in [-0.3, -0.25) is 0 Å². The molecule has 0 saturated heterocycles. The second-order valence-corrected chi connectivity index (χ2v) is 2.19. The van der Waals surface area contributed by atoms with Gasteiger partial charge in [0.05, 0.1) is 5.57 Å². The average molecular weight is 150 g/mol. The molecule has 3 heteroatoms. The molecule has 1 aliphatic carbocycles. The molecular weight excluding hydrogens is 144 g/mol. The van der Waals surface area contributed by atoms with E-state index in [-0.39, 0.29) is 5.92 Å². The summed E-state index contributed by atoms with van der Waals surface area (Å²) < 4.78 is 0. The molecule has 11 heavy (non-hydrogen) atoms. The highest BCUT2D eigenvalue weighted by Gasteiger charge is 2.24. The van der Waals surface area contributed by atoms with E-state index in [9.17, 15) is 9.90 Å². The fourth-order valence-electron chi connectivity index (χ4n) is 0.752. The highest BCUT2D eigenvalue weighted by atomic mass is 16.4. The Morgan fingerprint density at radius 3 is 2.91 bits per heavy atom. The molecule has 0 aromatic rings. The molecule has 1 N–H and O–H groups in total. The molecule has 0 fully saturated rings. The van der Waals surface area contributed by atoms with Gasteiger partial charge in [-0.15, -0.1) is 0 Å². The molecule has 56 valence electrons. The van der Waals surface area contributed by atoms with E-state index in [1.54, 1.807) is 6.92 Å². The summed E-state index contributed by atoms with van der Waals surface area (Å²) in [5, 5.41) is 19.5. The number of hydrogen-bond acceptors (Lipinski definition) is 2. The number of hydrogen-bond donors (Lipinski definition) is 1. The maximum atomic E-state index is 11.0. The Kier molecular flexibility index (Phi) is 1.75. The SMILES string of the molecule is CC1=C([O-])[C+](C(=O)O)C=C=C1. The van der Waals surface area contributed by atoms with Gasteiger partial charge in [0.25, 0.3) is 0 Å². The Balaban J connectivity index is 3.04. The van der Waals surface area contributed by atoms with Crippen LogP contribution in [0.3, 0.4) is 0 Å². The molecule has 0 aromatic carbocycles. The monoisotopic (exact) mass is 150 g/mol. The molecular formula is C8H6O3. The number of aliphatic carboxylic acids is 1. The molecule has 1 rings (SSSR count). The van der Waals surface area contributed by atoms with Gasteiger partial charge < -0.3 is 10.2 Å². The van der Waals surface area contributed by atoms with Crippen LogP contribution in [0.25, 0.3) is 0 Å². The lowest BCUT2D eigenvalue weighted by Gasteiger charge is -2.11. The van der Waals surface area contributed by atoms with Crippen molar-refractivity contribution >= 4 is 5.97 Å². The first-order chi connectivity index (χ1) is 5.13. The average Bonchev–Trinajstić information content (AvgIpc) is 1.94. The van der Waals surface area contributed by atoms with Gasteiger partial charge in [-0.1, -0.05) is 0 Å². The number of carboxylic acids is 1. The van der Waals surface area contributed by atoms with Crippen LogP contribution in [0.15, 0.2) is 29.2 Å². The van der Waals surface area contributed by atoms with Crippen LogP contribution in [0, 0.1) is 5.92 Å². The van der Waals surface area contributed by atoms with Crippen molar-refractivity contribution in [1.29, 1.82) is 0 Å². The van der Waals surface area contributed by atoms with E-state index in [2.05, 4.69) is 5.73 Å². The summed E-state index contributed by atoms with van der Waals surface area (Å²) in [7, 11) is 0. The first kappa shape index (κ1) is 7.51. The Morgan fingerprint density at radius 2 is 2.45 bits per heavy atom. The molecule has 0 aromatic heterocycles. The van der Waals surface area contributed by atoms with Gasteiger partial charge in [-0.2, -0.15) is 0 Å². The maximum absolute atomic E-state index is 11.0. The number of rotatable bonds is 1. The van der Waals surface area contributed by atoms with Crippen LogP contribution in [0.4, 0.5) is 0 Å². The van der Waals surface area contributed by atoms with E-state index in [0.717, 1.165) is 0 Å². The molecule has 0 heterocycles. The van der Waals surface area contributed by atoms with Crippen molar-refractivity contribution < 1.29 is 15.0 Å². The standard InChI is InChI=1S/C8H6O3/c1-5-3-2-4-6(7(5)9)8(10)11/h3-4H,1H3,(H-,9,10,11). The molecule has 0 saturated carbocycles. The first-order valence-electron chi connectivity index (χ1n) is 3.04. The van der Waals surface area contributed by atoms with Gasteiger partial charge in [-0.25, -0.2) is 4.79 Å². The Labute approximate surface area is 64.0 Å². The predicted molar refractivity (Wildman–Crippen MR) is 36.2 cm³/mol. The highest BCUT2D eigenvalue weighted by molar-refractivity contribution is 5.90. The topological polar surface area (TPSA) is 60.4 Å². The van der Waals surface area contributed by atoms with Crippen molar-refractivity contribution in [3.8, 4) is 0 Å². The lowest BCUT2D eigenvalue weighted by Crippen LogP contribution is -2.22. The van der Waals surface area contributed by atoms with Crippen LogP contribution in [0.2, 0.25) is 0 Å². The van der Waals surface area contributed by atoms with Crippen molar-refractivity contribution in [3.05, 3.63) is 35.1 Å². The van der Waals surface area contributed by atoms with E-state index in [0.29, 0.717) is 5.57 Å². The smallest absolute Gasteiger partial charge is 0.393 e. The van der Waals surface area contributed by atoms with Gasteiger partial charge in [0.15, 0.2) is 5.92 Å². The molecule has 1 aliphatic rings. The minimum absolute atomic E-state index is 0.218. The minimum Gasteiger partial charge on any atom is -0.851 e. The molecule has 0 amide bonds. The molecule has 3 nitrogen and oxygen atoms in total. The van der Waals surface area contributed by atoms with E-state index >= 15 is 0 Å². The second-order valence-electron chi connectivity index (χ2n) is 2.19. The number of carbonyl (C=O) groups is 1. The summed E-state index contributed by atoms with van der Waals surface area (Å²) in [6.07, 6.45) is 2.65. The fraction of sp³-hybridized carbons (Fsp3) is 0.125. The van der Waals surface area contributed by atoms with E-state index in [4.69, 9.17) is 5.11 Å². The number of allylic oxidation sites excluding steroid dienone is 1. The van der Waals surface area contributed by atoms with Crippen molar-refractivity contribution in [2.24, 2.45) is 0 Å². The molecule has 0 radical (unpaired) electrons. The van der Waals surface area contributed by atoms with E-state index in [1.807, 2.05) is 0 Å². The second kappa shape index (κ2) is 2.56. The minimum atomic E-state index is -1.20. The summed E-state index contributed by atoms with van der Waals surface area (Å²) in [6.45, 7) is 1.56. The van der Waals surface area contributed by atoms with Crippen molar-refractivity contribution in [2.75, 3.05) is 0 Å². The summed E-state index contributed by atoms with van der Waals surface area (Å²) in [5.74, 6) is -1.85. The first-order valence-corrected chi connectivity index (χ1v) is 3.04. The van der Waals surface area contributed by atoms with Gasteiger partial charge in [-0.05, 0) is 0 Å². The normalized spacial score (nSPS) is 15.9. The quantitative estimate of drug-likeness (QED) is 0.423. The zero-order valence-electron chi connectivity index (χ0n) is 5.92. The summed E-state index contributed by atoms with van der Waals surface area (Å²) in [4.78, 5) is 10.4. The lowest BCUT2D eigenvalue weighted by atomic mass is 10.0. The summed E-state index contributed by atoms with van der Waals surface area (Å²) in [6, 6.07) is 0. The largest absolute Gasteiger partial charge is 0.851 e. The van der Waals surface area contributed by atoms with Crippen LogP contribution < -0.4 is 5.11 Å². The molecule has 0 aliphatic heterocycles. The van der Waals surface area contributed by atoms with Crippen LogP contribution in [0.1, 0.15) is 6.92 Å². The summed E-state index contributed by atoms with van der Waals surface area (Å²) in [5.41, 5.74) is 2.98. The van der Waals surface area contributed by atoms with Gasteiger partial charge in [0.2, 0.25) is 0 Å². The summed E-state index contributed by atoms with van der Waals surface area (Å²) >= 11 is 0. The van der Waals surface area contributed by atoms with Crippen LogP contribution in [0.5, 0.6) is 0 Å². The predicted octanol–water partition coefficient (Wildman–Crippen LogP) is 0.00469. The van der Waals surface area contributed by atoms with Crippen LogP contribution in [-0.4, -0.2) is 11.1 Å². The fourth-order valence-corrected chi connectivity index (χ4v) is 0.752. The third-order valence-electron chi connectivity index (χ3n) is 1.36. The third kappa shape index (κ3) is 1.28. The molecule has 0 bridgehead atoms. The van der Waals surface area contributed by atoms with Gasteiger partial charge >= 0.3 is 5.97 Å². The Morgan fingerprint density at radius 1 is 1.82 bits per heavy atom. The van der Waals surface area contributed by atoms with Gasteiger partial charge in [0, 0.05) is 18.4 Å². The number of carboxylic acid groups (broad SMARTS) is 1. The van der Waals surface area contributed by atoms with Crippen LogP contribution in [-0.2, 0) is 4.79 Å². The molecule has 0 unspecified atom stereocenters.